The summed E-state index contributed by atoms with van der Waals surface area (Å²) in [6.07, 6.45) is 0. The minimum Gasteiger partial charge on any atom is -0.383 e. The molecule has 0 saturated carbocycles. The third kappa shape index (κ3) is 5.23. The second-order valence-corrected chi connectivity index (χ2v) is 5.34. The van der Waals surface area contributed by atoms with Crippen molar-refractivity contribution in [2.45, 2.75) is 33.7 Å². The van der Waals surface area contributed by atoms with E-state index < -0.39 is 0 Å². The van der Waals surface area contributed by atoms with Crippen LogP contribution in [0.3, 0.4) is 0 Å². The zero-order valence-electron chi connectivity index (χ0n) is 13.7. The van der Waals surface area contributed by atoms with Gasteiger partial charge in [-0.3, -0.25) is 4.90 Å². The highest BCUT2D eigenvalue weighted by atomic mass is 16.5. The maximum Gasteiger partial charge on any atom is 0.0589 e. The summed E-state index contributed by atoms with van der Waals surface area (Å²) in [6, 6.07) is 7.17. The second kappa shape index (κ2) is 9.11. The van der Waals surface area contributed by atoms with Crippen molar-refractivity contribution in [1.82, 2.24) is 10.2 Å². The minimum atomic E-state index is 0.385. The predicted octanol–water partition coefficient (Wildman–Crippen LogP) is 2.92. The molecule has 3 nitrogen and oxygen atoms in total. The molecule has 0 bridgehead atoms. The van der Waals surface area contributed by atoms with Gasteiger partial charge in [0.25, 0.3) is 0 Å². The quantitative estimate of drug-likeness (QED) is 0.751. The number of nitrogens with zero attached hydrogens (tertiary/aromatic N) is 1. The molecule has 0 heterocycles. The highest BCUT2D eigenvalue weighted by Crippen LogP contribution is 2.18. The highest BCUT2D eigenvalue weighted by molar-refractivity contribution is 5.31. The van der Waals surface area contributed by atoms with Gasteiger partial charge in [0, 0.05) is 26.2 Å². The van der Waals surface area contributed by atoms with Gasteiger partial charge in [-0.15, -0.1) is 0 Å². The third-order valence-corrected chi connectivity index (χ3v) is 3.88. The lowest BCUT2D eigenvalue weighted by atomic mass is 10.0. The molecule has 1 aromatic rings. The summed E-state index contributed by atoms with van der Waals surface area (Å²) < 4.78 is 5.19. The molecule has 0 radical (unpaired) electrons. The maximum absolute atomic E-state index is 5.19. The normalized spacial score (nSPS) is 12.9. The zero-order chi connectivity index (χ0) is 15.0. The van der Waals surface area contributed by atoms with E-state index >= 15 is 0 Å². The van der Waals surface area contributed by atoms with E-state index in [1.165, 1.54) is 16.7 Å². The van der Waals surface area contributed by atoms with E-state index in [9.17, 15) is 0 Å². The van der Waals surface area contributed by atoms with E-state index in [4.69, 9.17) is 4.74 Å². The number of rotatable bonds is 9. The molecular weight excluding hydrogens is 248 g/mol. The van der Waals surface area contributed by atoms with E-state index in [-0.39, 0.29) is 0 Å². The Morgan fingerprint density at radius 1 is 1.20 bits per heavy atom. The number of hydrogen-bond donors (Lipinski definition) is 1. The van der Waals surface area contributed by atoms with Gasteiger partial charge in [-0.25, -0.2) is 0 Å². The molecule has 0 amide bonds. The first kappa shape index (κ1) is 17.2. The summed E-state index contributed by atoms with van der Waals surface area (Å²) >= 11 is 0. The number of likely N-dealkylation sites (N-methyl/N-ethyl adjacent to an activating group) is 2. The summed E-state index contributed by atoms with van der Waals surface area (Å²) in [5, 5.41) is 3.60. The first-order valence-corrected chi connectivity index (χ1v) is 7.64. The Morgan fingerprint density at radius 3 is 2.50 bits per heavy atom. The number of hydrogen-bond acceptors (Lipinski definition) is 3. The van der Waals surface area contributed by atoms with E-state index in [0.717, 1.165) is 32.8 Å². The van der Waals surface area contributed by atoms with Crippen LogP contribution in [0.15, 0.2) is 18.2 Å². The molecule has 1 N–H and O–H groups in total. The van der Waals surface area contributed by atoms with Crippen LogP contribution < -0.4 is 5.32 Å². The summed E-state index contributed by atoms with van der Waals surface area (Å²) in [5.74, 6) is 0. The molecular formula is C17H30N2O. The summed E-state index contributed by atoms with van der Waals surface area (Å²) in [4.78, 5) is 2.44. The van der Waals surface area contributed by atoms with Crippen molar-refractivity contribution in [3.05, 3.63) is 34.9 Å². The zero-order valence-corrected chi connectivity index (χ0v) is 13.7. The Kier molecular flexibility index (Phi) is 7.82. The number of methoxy groups -OCH3 is 1. The van der Waals surface area contributed by atoms with Crippen molar-refractivity contribution >= 4 is 0 Å². The van der Waals surface area contributed by atoms with Gasteiger partial charge in [0.15, 0.2) is 0 Å². The molecule has 1 rings (SSSR count). The predicted molar refractivity (Wildman–Crippen MR) is 86.3 cm³/mol. The van der Waals surface area contributed by atoms with Gasteiger partial charge >= 0.3 is 0 Å². The lowest BCUT2D eigenvalue weighted by molar-refractivity contribution is 0.144. The second-order valence-electron chi connectivity index (χ2n) is 5.34. The topological polar surface area (TPSA) is 24.5 Å². The van der Waals surface area contributed by atoms with Gasteiger partial charge in [-0.1, -0.05) is 32.0 Å². The molecule has 0 aliphatic carbocycles. The van der Waals surface area contributed by atoms with Crippen molar-refractivity contribution in [3.8, 4) is 0 Å². The molecule has 0 fully saturated rings. The number of benzene rings is 1. The standard InChI is InChI=1S/C17H30N2O/c1-6-18-17(13-19(7-2)10-11-20-5)16-9-8-14(3)15(4)12-16/h8-9,12,17-18H,6-7,10-11,13H2,1-5H3. The molecule has 114 valence electrons. The van der Waals surface area contributed by atoms with Crippen LogP contribution in [-0.2, 0) is 4.74 Å². The fourth-order valence-corrected chi connectivity index (χ4v) is 2.37. The third-order valence-electron chi connectivity index (χ3n) is 3.88. The van der Waals surface area contributed by atoms with Crippen molar-refractivity contribution in [2.75, 3.05) is 39.9 Å². The molecule has 0 aliphatic rings. The average Bonchev–Trinajstić information content (AvgIpc) is 2.45. The lowest BCUT2D eigenvalue weighted by Crippen LogP contribution is -2.37. The molecule has 0 spiro atoms. The van der Waals surface area contributed by atoms with Crippen LogP contribution in [0.25, 0.3) is 0 Å². The average molecular weight is 278 g/mol. The van der Waals surface area contributed by atoms with Crippen LogP contribution in [0.4, 0.5) is 0 Å². The van der Waals surface area contributed by atoms with Crippen molar-refractivity contribution < 1.29 is 4.74 Å². The molecule has 0 saturated heterocycles. The number of aryl methyl sites for hydroxylation is 2. The molecule has 0 aliphatic heterocycles. The van der Waals surface area contributed by atoms with Gasteiger partial charge in [-0.05, 0) is 43.6 Å². The SMILES string of the molecule is CCNC(CN(CC)CCOC)c1ccc(C)c(C)c1. The molecule has 1 unspecified atom stereocenters. The molecule has 1 atom stereocenters. The summed E-state index contributed by atoms with van der Waals surface area (Å²) in [7, 11) is 1.76. The van der Waals surface area contributed by atoms with Crippen LogP contribution in [0.2, 0.25) is 0 Å². The largest absolute Gasteiger partial charge is 0.383 e. The van der Waals surface area contributed by atoms with E-state index in [0.29, 0.717) is 6.04 Å². The van der Waals surface area contributed by atoms with Crippen LogP contribution in [0.5, 0.6) is 0 Å². The Balaban J connectivity index is 2.78. The van der Waals surface area contributed by atoms with Gasteiger partial charge < -0.3 is 10.1 Å². The van der Waals surface area contributed by atoms with Crippen LogP contribution >= 0.6 is 0 Å². The minimum absolute atomic E-state index is 0.385. The smallest absolute Gasteiger partial charge is 0.0589 e. The molecule has 3 heteroatoms. The molecule has 20 heavy (non-hydrogen) atoms. The molecule has 1 aromatic carbocycles. The molecule has 0 aromatic heterocycles. The summed E-state index contributed by atoms with van der Waals surface area (Å²) in [5.41, 5.74) is 4.10. The highest BCUT2D eigenvalue weighted by Gasteiger charge is 2.14. The Hall–Kier alpha value is -0.900. The number of nitrogens with one attached hydrogen (secondary N) is 1. The van der Waals surface area contributed by atoms with E-state index in [1.54, 1.807) is 7.11 Å². The first-order chi connectivity index (χ1) is 9.62. The Labute approximate surface area is 124 Å². The van der Waals surface area contributed by atoms with Crippen molar-refractivity contribution in [3.63, 3.8) is 0 Å². The monoisotopic (exact) mass is 278 g/mol. The van der Waals surface area contributed by atoms with Crippen LogP contribution in [-0.4, -0.2) is 44.8 Å². The Bertz CT molecular complexity index is 393. The Morgan fingerprint density at radius 2 is 1.95 bits per heavy atom. The first-order valence-electron chi connectivity index (χ1n) is 7.64. The maximum atomic E-state index is 5.19. The number of ether oxygens (including phenoxy) is 1. The van der Waals surface area contributed by atoms with Crippen LogP contribution in [0.1, 0.15) is 36.6 Å². The van der Waals surface area contributed by atoms with Gasteiger partial charge in [0.05, 0.1) is 6.61 Å². The fourth-order valence-electron chi connectivity index (χ4n) is 2.37. The summed E-state index contributed by atoms with van der Waals surface area (Å²) in [6.45, 7) is 13.6. The van der Waals surface area contributed by atoms with E-state index in [2.05, 4.69) is 56.1 Å². The lowest BCUT2D eigenvalue weighted by Gasteiger charge is -2.27. The van der Waals surface area contributed by atoms with E-state index in [1.807, 2.05) is 0 Å². The fraction of sp³-hybridized carbons (Fsp3) is 0.647. The van der Waals surface area contributed by atoms with Crippen LogP contribution in [0, 0.1) is 13.8 Å². The van der Waals surface area contributed by atoms with Gasteiger partial charge in [-0.2, -0.15) is 0 Å². The van der Waals surface area contributed by atoms with Gasteiger partial charge in [0.1, 0.15) is 0 Å². The van der Waals surface area contributed by atoms with Crippen molar-refractivity contribution in [2.24, 2.45) is 0 Å². The van der Waals surface area contributed by atoms with Crippen molar-refractivity contribution in [1.29, 1.82) is 0 Å². The van der Waals surface area contributed by atoms with Gasteiger partial charge in [0.2, 0.25) is 0 Å².